The van der Waals surface area contributed by atoms with Gasteiger partial charge in [-0.25, -0.2) is 0 Å². The molecule has 2 fully saturated rings. The summed E-state index contributed by atoms with van der Waals surface area (Å²) >= 11 is 0. The molecule has 0 aromatic heterocycles. The fourth-order valence-electron chi connectivity index (χ4n) is 4.33. The Morgan fingerprint density at radius 2 is 1.52 bits per heavy atom. The Bertz CT molecular complexity index is 771. The quantitative estimate of drug-likeness (QED) is 0.692. The summed E-state index contributed by atoms with van der Waals surface area (Å²) in [7, 11) is 0. The topological polar surface area (TPSA) is 41.6 Å². The summed E-state index contributed by atoms with van der Waals surface area (Å²) in [4.78, 5) is 15.1. The molecule has 29 heavy (non-hydrogen) atoms. The number of nitrogens with one attached hydrogen (secondary N) is 1. The summed E-state index contributed by atoms with van der Waals surface area (Å²) in [6.45, 7) is 3.34. The van der Waals surface area contributed by atoms with E-state index < -0.39 is 0 Å². The van der Waals surface area contributed by atoms with Crippen molar-refractivity contribution >= 4 is 11.6 Å². The number of carbonyl (C=O) groups is 1. The Hall–Kier alpha value is -2.33. The Morgan fingerprint density at radius 1 is 0.862 bits per heavy atom. The van der Waals surface area contributed by atoms with Crippen molar-refractivity contribution in [2.24, 2.45) is 0 Å². The van der Waals surface area contributed by atoms with Gasteiger partial charge in [0.05, 0.1) is 6.10 Å². The summed E-state index contributed by atoms with van der Waals surface area (Å²) in [5, 5.41) is 2.98. The molecule has 0 spiro atoms. The van der Waals surface area contributed by atoms with E-state index in [0.717, 1.165) is 30.8 Å². The normalized spacial score (nSPS) is 18.3. The molecule has 2 aromatic rings. The molecular weight excluding hydrogens is 360 g/mol. The third kappa shape index (κ3) is 5.83. The highest BCUT2D eigenvalue weighted by atomic mass is 16.5. The van der Waals surface area contributed by atoms with E-state index in [4.69, 9.17) is 4.74 Å². The summed E-state index contributed by atoms with van der Waals surface area (Å²) < 4.78 is 5.99. The lowest BCUT2D eigenvalue weighted by atomic mass is 10.1. The van der Waals surface area contributed by atoms with Crippen LogP contribution in [-0.4, -0.2) is 30.0 Å². The number of carbonyl (C=O) groups excluding carboxylic acids is 1. The Kier molecular flexibility index (Phi) is 6.83. The molecular formula is C25H32N2O2. The third-order valence-electron chi connectivity index (χ3n) is 6.04. The van der Waals surface area contributed by atoms with E-state index >= 15 is 0 Å². The zero-order valence-electron chi connectivity index (χ0n) is 17.2. The minimum absolute atomic E-state index is 0.0733. The van der Waals surface area contributed by atoms with Crippen molar-refractivity contribution in [1.82, 2.24) is 4.90 Å². The number of amides is 1. The molecule has 4 nitrogen and oxygen atoms in total. The summed E-state index contributed by atoms with van der Waals surface area (Å²) in [6.07, 6.45) is 10.5. The lowest BCUT2D eigenvalue weighted by Gasteiger charge is -2.19. The molecule has 1 saturated carbocycles. The van der Waals surface area contributed by atoms with E-state index in [2.05, 4.69) is 22.3 Å². The maximum absolute atomic E-state index is 12.6. The molecule has 1 aliphatic carbocycles. The maximum Gasteiger partial charge on any atom is 0.255 e. The van der Waals surface area contributed by atoms with E-state index in [-0.39, 0.29) is 5.91 Å². The molecule has 154 valence electrons. The van der Waals surface area contributed by atoms with Gasteiger partial charge in [-0.2, -0.15) is 0 Å². The average molecular weight is 393 g/mol. The molecule has 4 heteroatoms. The number of ether oxygens (including phenoxy) is 1. The van der Waals surface area contributed by atoms with Crippen LogP contribution < -0.4 is 10.1 Å². The van der Waals surface area contributed by atoms with E-state index in [1.165, 1.54) is 57.2 Å². The smallest absolute Gasteiger partial charge is 0.255 e. The van der Waals surface area contributed by atoms with Crippen molar-refractivity contribution in [1.29, 1.82) is 0 Å². The van der Waals surface area contributed by atoms with E-state index in [9.17, 15) is 4.79 Å². The monoisotopic (exact) mass is 392 g/mol. The second-order valence-electron chi connectivity index (χ2n) is 8.39. The standard InChI is InChI=1S/C25H32N2O2/c28-25(26-22-13-15-24(16-14-22)29-23-7-3-4-8-23)21-11-9-20(10-12-21)19-27-17-5-1-2-6-18-27/h9-16,23H,1-8,17-19H2,(H,26,28). The van der Waals surface area contributed by atoms with Crippen LogP contribution >= 0.6 is 0 Å². The number of hydrogen-bond donors (Lipinski definition) is 1. The maximum atomic E-state index is 12.6. The molecule has 0 unspecified atom stereocenters. The number of nitrogens with zero attached hydrogens (tertiary/aromatic N) is 1. The van der Waals surface area contributed by atoms with Gasteiger partial charge in [-0.05, 0) is 93.6 Å². The van der Waals surface area contributed by atoms with Crippen molar-refractivity contribution in [3.63, 3.8) is 0 Å². The van der Waals surface area contributed by atoms with Gasteiger partial charge in [0, 0.05) is 17.8 Å². The second-order valence-corrected chi connectivity index (χ2v) is 8.39. The van der Waals surface area contributed by atoms with Crippen LogP contribution in [0.25, 0.3) is 0 Å². The number of anilines is 1. The average Bonchev–Trinajstić information content (AvgIpc) is 3.12. The minimum atomic E-state index is -0.0733. The van der Waals surface area contributed by atoms with Gasteiger partial charge >= 0.3 is 0 Å². The van der Waals surface area contributed by atoms with Gasteiger partial charge in [-0.3, -0.25) is 9.69 Å². The summed E-state index contributed by atoms with van der Waals surface area (Å²) in [5.41, 5.74) is 2.76. The molecule has 0 atom stereocenters. The lowest BCUT2D eigenvalue weighted by Crippen LogP contribution is -2.24. The summed E-state index contributed by atoms with van der Waals surface area (Å²) in [6, 6.07) is 15.7. The molecule has 0 radical (unpaired) electrons. The highest BCUT2D eigenvalue weighted by Crippen LogP contribution is 2.25. The predicted octanol–water partition coefficient (Wildman–Crippen LogP) is 5.64. The number of rotatable bonds is 6. The molecule has 1 amide bonds. The van der Waals surface area contributed by atoms with Crippen LogP contribution in [-0.2, 0) is 6.54 Å². The highest BCUT2D eigenvalue weighted by molar-refractivity contribution is 6.04. The van der Waals surface area contributed by atoms with Crippen molar-refractivity contribution in [2.45, 2.75) is 64.0 Å². The second kappa shape index (κ2) is 9.93. The minimum Gasteiger partial charge on any atom is -0.490 e. The first-order valence-electron chi connectivity index (χ1n) is 11.2. The van der Waals surface area contributed by atoms with Crippen molar-refractivity contribution < 1.29 is 9.53 Å². The Morgan fingerprint density at radius 3 is 2.17 bits per heavy atom. The van der Waals surface area contributed by atoms with Crippen LogP contribution in [0.1, 0.15) is 67.3 Å². The molecule has 2 aliphatic rings. The predicted molar refractivity (Wildman–Crippen MR) is 117 cm³/mol. The van der Waals surface area contributed by atoms with Gasteiger partial charge < -0.3 is 10.1 Å². The van der Waals surface area contributed by atoms with E-state index in [1.807, 2.05) is 36.4 Å². The first-order valence-corrected chi connectivity index (χ1v) is 11.2. The molecule has 0 bridgehead atoms. The first-order chi connectivity index (χ1) is 14.3. The number of hydrogen-bond acceptors (Lipinski definition) is 3. The molecule has 1 saturated heterocycles. The highest BCUT2D eigenvalue weighted by Gasteiger charge is 2.16. The van der Waals surface area contributed by atoms with Crippen molar-refractivity contribution in [3.8, 4) is 5.75 Å². The fourth-order valence-corrected chi connectivity index (χ4v) is 4.33. The zero-order chi connectivity index (χ0) is 19.9. The van der Waals surface area contributed by atoms with Gasteiger partial charge in [0.1, 0.15) is 5.75 Å². The SMILES string of the molecule is O=C(Nc1ccc(OC2CCCC2)cc1)c1ccc(CN2CCCCCC2)cc1. The van der Waals surface area contributed by atoms with Gasteiger partial charge in [0.25, 0.3) is 5.91 Å². The van der Waals surface area contributed by atoms with Crippen molar-refractivity contribution in [2.75, 3.05) is 18.4 Å². The van der Waals surface area contributed by atoms with Crippen LogP contribution in [0.15, 0.2) is 48.5 Å². The lowest BCUT2D eigenvalue weighted by molar-refractivity contribution is 0.102. The van der Waals surface area contributed by atoms with Gasteiger partial charge in [-0.1, -0.05) is 25.0 Å². The van der Waals surface area contributed by atoms with Crippen molar-refractivity contribution in [3.05, 3.63) is 59.7 Å². The Labute approximate surface area is 174 Å². The molecule has 2 aromatic carbocycles. The van der Waals surface area contributed by atoms with Crippen LogP contribution in [0.5, 0.6) is 5.75 Å². The van der Waals surface area contributed by atoms with Crippen LogP contribution in [0.4, 0.5) is 5.69 Å². The number of likely N-dealkylation sites (tertiary alicyclic amines) is 1. The summed E-state index contributed by atoms with van der Waals surface area (Å²) in [5.74, 6) is 0.809. The largest absolute Gasteiger partial charge is 0.490 e. The van der Waals surface area contributed by atoms with Gasteiger partial charge in [0.2, 0.25) is 0 Å². The first kappa shape index (κ1) is 20.0. The molecule has 1 N–H and O–H groups in total. The zero-order valence-corrected chi connectivity index (χ0v) is 17.2. The molecule has 1 aliphatic heterocycles. The molecule has 4 rings (SSSR count). The van der Waals surface area contributed by atoms with Gasteiger partial charge in [0.15, 0.2) is 0 Å². The van der Waals surface area contributed by atoms with Crippen LogP contribution in [0.2, 0.25) is 0 Å². The Balaban J connectivity index is 1.29. The van der Waals surface area contributed by atoms with E-state index in [1.54, 1.807) is 0 Å². The third-order valence-corrected chi connectivity index (χ3v) is 6.04. The van der Waals surface area contributed by atoms with Crippen LogP contribution in [0.3, 0.4) is 0 Å². The fraction of sp³-hybridized carbons (Fsp3) is 0.480. The van der Waals surface area contributed by atoms with Gasteiger partial charge in [-0.15, -0.1) is 0 Å². The molecule has 1 heterocycles. The number of benzene rings is 2. The van der Waals surface area contributed by atoms with Crippen LogP contribution in [0, 0.1) is 0 Å². The van der Waals surface area contributed by atoms with E-state index in [0.29, 0.717) is 11.7 Å².